The molecule has 3 heterocycles. The van der Waals surface area contributed by atoms with Crippen LogP contribution in [0.15, 0.2) is 12.1 Å². The SMILES string of the molecule is CCCN1C(=O)C(C)(C)c2cc3nc(-c4n[nH]c5c4CCC5)[nH]c3cc21. The van der Waals surface area contributed by atoms with E-state index in [4.69, 9.17) is 4.98 Å². The van der Waals surface area contributed by atoms with Crippen LogP contribution in [0.1, 0.15) is 50.4 Å². The van der Waals surface area contributed by atoms with Gasteiger partial charge in [0.25, 0.3) is 0 Å². The van der Waals surface area contributed by atoms with Gasteiger partial charge in [0.1, 0.15) is 5.69 Å². The predicted molar refractivity (Wildman–Crippen MR) is 101 cm³/mol. The topological polar surface area (TPSA) is 77.7 Å². The number of imidazole rings is 1. The van der Waals surface area contributed by atoms with Gasteiger partial charge in [-0.3, -0.25) is 9.89 Å². The molecule has 26 heavy (non-hydrogen) atoms. The number of nitrogens with zero attached hydrogens (tertiary/aromatic N) is 3. The van der Waals surface area contributed by atoms with Crippen LogP contribution in [0.2, 0.25) is 0 Å². The first kappa shape index (κ1) is 15.6. The number of H-pyrrole nitrogens is 2. The third-order valence-electron chi connectivity index (χ3n) is 5.82. The predicted octanol–water partition coefficient (Wildman–Crippen LogP) is 3.48. The Morgan fingerprint density at radius 1 is 1.27 bits per heavy atom. The van der Waals surface area contributed by atoms with Gasteiger partial charge in [-0.1, -0.05) is 6.92 Å². The molecule has 0 saturated heterocycles. The molecule has 0 fully saturated rings. The van der Waals surface area contributed by atoms with Crippen molar-refractivity contribution in [2.45, 2.75) is 51.9 Å². The number of aryl methyl sites for hydroxylation is 1. The summed E-state index contributed by atoms with van der Waals surface area (Å²) in [5.41, 5.74) is 6.89. The van der Waals surface area contributed by atoms with Gasteiger partial charge in [-0.25, -0.2) is 4.98 Å². The minimum Gasteiger partial charge on any atom is -0.337 e. The van der Waals surface area contributed by atoms with Crippen LogP contribution < -0.4 is 4.90 Å². The Morgan fingerprint density at radius 2 is 2.12 bits per heavy atom. The van der Waals surface area contributed by atoms with E-state index in [1.165, 1.54) is 17.7 Å². The summed E-state index contributed by atoms with van der Waals surface area (Å²) in [7, 11) is 0. The average molecular weight is 349 g/mol. The maximum absolute atomic E-state index is 12.8. The minimum absolute atomic E-state index is 0.173. The van der Waals surface area contributed by atoms with E-state index in [0.717, 1.165) is 59.6 Å². The zero-order valence-corrected chi connectivity index (χ0v) is 15.4. The highest BCUT2D eigenvalue weighted by atomic mass is 16.2. The molecule has 2 aromatic heterocycles. The first-order valence-electron chi connectivity index (χ1n) is 9.43. The first-order valence-corrected chi connectivity index (χ1v) is 9.43. The summed E-state index contributed by atoms with van der Waals surface area (Å²) in [6.07, 6.45) is 4.24. The Bertz CT molecular complexity index is 1040. The monoisotopic (exact) mass is 349 g/mol. The molecular formula is C20H23N5O. The van der Waals surface area contributed by atoms with Crippen molar-refractivity contribution in [3.63, 3.8) is 0 Å². The molecule has 6 nitrogen and oxygen atoms in total. The van der Waals surface area contributed by atoms with Crippen LogP contribution in [0.3, 0.4) is 0 Å². The molecule has 0 spiro atoms. The highest BCUT2D eigenvalue weighted by molar-refractivity contribution is 6.09. The molecule has 1 aromatic carbocycles. The Morgan fingerprint density at radius 3 is 2.92 bits per heavy atom. The number of carbonyl (C=O) groups excluding carboxylic acids is 1. The number of amides is 1. The zero-order chi connectivity index (χ0) is 18.1. The number of benzene rings is 1. The molecule has 0 saturated carbocycles. The van der Waals surface area contributed by atoms with Crippen molar-refractivity contribution in [2.75, 3.05) is 11.4 Å². The number of anilines is 1. The van der Waals surface area contributed by atoms with Crippen LogP contribution in [-0.2, 0) is 23.1 Å². The number of aromatic nitrogens is 4. The molecule has 134 valence electrons. The molecule has 2 N–H and O–H groups in total. The largest absolute Gasteiger partial charge is 0.337 e. The second-order valence-corrected chi connectivity index (χ2v) is 7.94. The lowest BCUT2D eigenvalue weighted by Gasteiger charge is -2.19. The molecule has 0 unspecified atom stereocenters. The highest BCUT2D eigenvalue weighted by Crippen LogP contribution is 2.43. The van der Waals surface area contributed by atoms with E-state index in [1.54, 1.807) is 0 Å². The third-order valence-corrected chi connectivity index (χ3v) is 5.82. The molecule has 0 radical (unpaired) electrons. The Kier molecular flexibility index (Phi) is 3.12. The van der Waals surface area contributed by atoms with Gasteiger partial charge >= 0.3 is 0 Å². The van der Waals surface area contributed by atoms with Gasteiger partial charge in [0.2, 0.25) is 5.91 Å². The number of rotatable bonds is 3. The number of hydrogen-bond donors (Lipinski definition) is 2. The van der Waals surface area contributed by atoms with Crippen molar-refractivity contribution in [1.29, 1.82) is 0 Å². The van der Waals surface area contributed by atoms with E-state index in [2.05, 4.69) is 34.2 Å². The fraction of sp³-hybridized carbons (Fsp3) is 0.450. The number of carbonyl (C=O) groups is 1. The van der Waals surface area contributed by atoms with Gasteiger partial charge < -0.3 is 9.88 Å². The van der Waals surface area contributed by atoms with E-state index >= 15 is 0 Å². The van der Waals surface area contributed by atoms with Crippen LogP contribution in [0, 0.1) is 0 Å². The molecule has 1 amide bonds. The zero-order valence-electron chi connectivity index (χ0n) is 15.4. The van der Waals surface area contributed by atoms with Crippen LogP contribution in [0.5, 0.6) is 0 Å². The maximum Gasteiger partial charge on any atom is 0.237 e. The average Bonchev–Trinajstić information content (AvgIpc) is 3.33. The van der Waals surface area contributed by atoms with Crippen LogP contribution in [-0.4, -0.2) is 32.6 Å². The molecule has 3 aromatic rings. The summed E-state index contributed by atoms with van der Waals surface area (Å²) < 4.78 is 0. The second-order valence-electron chi connectivity index (χ2n) is 7.94. The summed E-state index contributed by atoms with van der Waals surface area (Å²) in [5.74, 6) is 0.988. The van der Waals surface area contributed by atoms with E-state index < -0.39 is 5.41 Å². The Balaban J connectivity index is 1.66. The summed E-state index contributed by atoms with van der Waals surface area (Å²) in [4.78, 5) is 23.0. The van der Waals surface area contributed by atoms with Crippen LogP contribution >= 0.6 is 0 Å². The molecule has 0 bridgehead atoms. The number of fused-ring (bicyclic) bond motifs is 3. The lowest BCUT2D eigenvalue weighted by atomic mass is 9.86. The lowest BCUT2D eigenvalue weighted by molar-refractivity contribution is -0.122. The molecule has 1 aliphatic carbocycles. The highest BCUT2D eigenvalue weighted by Gasteiger charge is 2.43. The minimum atomic E-state index is -0.509. The molecular weight excluding hydrogens is 326 g/mol. The van der Waals surface area contributed by atoms with E-state index in [9.17, 15) is 4.79 Å². The van der Waals surface area contributed by atoms with Gasteiger partial charge in [-0.15, -0.1) is 0 Å². The summed E-state index contributed by atoms with van der Waals surface area (Å²) in [6.45, 7) is 6.85. The van der Waals surface area contributed by atoms with Crippen molar-refractivity contribution in [3.05, 3.63) is 29.0 Å². The maximum atomic E-state index is 12.8. The third kappa shape index (κ3) is 1.95. The van der Waals surface area contributed by atoms with E-state index in [0.29, 0.717) is 0 Å². The van der Waals surface area contributed by atoms with Gasteiger partial charge in [-0.05, 0) is 57.2 Å². The lowest BCUT2D eigenvalue weighted by Crippen LogP contribution is -2.36. The molecule has 1 aliphatic heterocycles. The van der Waals surface area contributed by atoms with Crippen molar-refractivity contribution in [2.24, 2.45) is 0 Å². The molecule has 0 atom stereocenters. The summed E-state index contributed by atoms with van der Waals surface area (Å²) in [5, 5.41) is 7.64. The second kappa shape index (κ2) is 5.19. The van der Waals surface area contributed by atoms with Crippen molar-refractivity contribution in [1.82, 2.24) is 20.2 Å². The van der Waals surface area contributed by atoms with E-state index in [-0.39, 0.29) is 5.91 Å². The standard InChI is InChI=1S/C20H23N5O/c1-4-8-25-16-10-15-14(9-12(16)20(2,3)19(25)26)21-18(22-15)17-11-6-5-7-13(11)23-24-17/h9-10H,4-8H2,1-3H3,(H,21,22)(H,23,24). The van der Waals surface area contributed by atoms with Gasteiger partial charge in [0, 0.05) is 17.8 Å². The summed E-state index contributed by atoms with van der Waals surface area (Å²) in [6, 6.07) is 4.15. The fourth-order valence-corrected chi connectivity index (χ4v) is 4.40. The number of aromatic amines is 2. The quantitative estimate of drug-likeness (QED) is 0.760. The Hall–Kier alpha value is -2.63. The van der Waals surface area contributed by atoms with Crippen molar-refractivity contribution >= 4 is 22.6 Å². The molecule has 2 aliphatic rings. The van der Waals surface area contributed by atoms with Crippen LogP contribution in [0.4, 0.5) is 5.69 Å². The van der Waals surface area contributed by atoms with E-state index in [1.807, 2.05) is 18.7 Å². The number of nitrogens with one attached hydrogen (secondary N) is 2. The van der Waals surface area contributed by atoms with Crippen molar-refractivity contribution < 1.29 is 4.79 Å². The molecule has 6 heteroatoms. The Labute approximate surface area is 152 Å². The van der Waals surface area contributed by atoms with Gasteiger partial charge in [0.05, 0.1) is 22.1 Å². The van der Waals surface area contributed by atoms with Crippen LogP contribution in [0.25, 0.3) is 22.6 Å². The fourth-order valence-electron chi connectivity index (χ4n) is 4.40. The van der Waals surface area contributed by atoms with Gasteiger partial charge in [0.15, 0.2) is 5.82 Å². The summed E-state index contributed by atoms with van der Waals surface area (Å²) >= 11 is 0. The normalized spacial score (nSPS) is 18.0. The molecule has 5 rings (SSSR count). The number of hydrogen-bond acceptors (Lipinski definition) is 3. The van der Waals surface area contributed by atoms with Crippen molar-refractivity contribution in [3.8, 4) is 11.5 Å². The first-order chi connectivity index (χ1) is 12.5. The smallest absolute Gasteiger partial charge is 0.237 e. The van der Waals surface area contributed by atoms with Gasteiger partial charge in [-0.2, -0.15) is 5.10 Å².